The molecule has 5 heteroatoms. The van der Waals surface area contributed by atoms with Gasteiger partial charge in [-0.3, -0.25) is 0 Å². The molecule has 0 aliphatic heterocycles. The molecular weight excluding hydrogens is 338 g/mol. The zero-order valence-electron chi connectivity index (χ0n) is 12.7. The van der Waals surface area contributed by atoms with E-state index in [1.165, 1.54) is 10.5 Å². The van der Waals surface area contributed by atoms with Gasteiger partial charge in [0, 0.05) is 22.4 Å². The Bertz CT molecular complexity index is 982. The summed E-state index contributed by atoms with van der Waals surface area (Å²) in [5.74, 6) is 0.948. The van der Waals surface area contributed by atoms with Crippen LogP contribution in [0, 0.1) is 0 Å². The minimum Gasteiger partial charge on any atom is -0.344 e. The number of halogens is 1. The summed E-state index contributed by atoms with van der Waals surface area (Å²) >= 11 is 7.81. The average Bonchev–Trinajstić information content (AvgIpc) is 3.04. The Hall–Kier alpha value is -2.30. The molecule has 0 saturated heterocycles. The van der Waals surface area contributed by atoms with Gasteiger partial charge in [-0.05, 0) is 23.3 Å². The van der Waals surface area contributed by atoms with Crippen molar-refractivity contribution in [3.63, 3.8) is 0 Å². The fourth-order valence-corrected chi connectivity index (χ4v) is 3.63. The van der Waals surface area contributed by atoms with Gasteiger partial charge >= 0.3 is 0 Å². The lowest BCUT2D eigenvalue weighted by molar-refractivity contribution is 1.26. The van der Waals surface area contributed by atoms with Crippen molar-refractivity contribution in [2.45, 2.75) is 10.6 Å². The van der Waals surface area contributed by atoms with Crippen LogP contribution in [0.1, 0.15) is 5.56 Å². The number of benzene rings is 2. The summed E-state index contributed by atoms with van der Waals surface area (Å²) in [5, 5.41) is 0.401. The summed E-state index contributed by atoms with van der Waals surface area (Å²) in [6.45, 7) is 0. The number of hydrogen-bond donors (Lipinski definition) is 1. The molecule has 24 heavy (non-hydrogen) atoms. The van der Waals surface area contributed by atoms with Crippen molar-refractivity contribution in [3.05, 3.63) is 77.7 Å². The molecule has 118 valence electrons. The Morgan fingerprint density at radius 3 is 2.79 bits per heavy atom. The number of rotatable bonds is 4. The second-order valence-corrected chi connectivity index (χ2v) is 6.83. The maximum absolute atomic E-state index is 5.99. The van der Waals surface area contributed by atoms with E-state index in [-0.39, 0.29) is 0 Å². The van der Waals surface area contributed by atoms with Gasteiger partial charge < -0.3 is 4.98 Å². The molecule has 3 nitrogen and oxygen atoms in total. The summed E-state index contributed by atoms with van der Waals surface area (Å²) in [6.07, 6.45) is 3.48. The quantitative estimate of drug-likeness (QED) is 0.488. The van der Waals surface area contributed by atoms with Crippen LogP contribution in [0.5, 0.6) is 0 Å². The third-order valence-corrected chi connectivity index (χ3v) is 4.99. The maximum Gasteiger partial charge on any atom is 0.156 e. The second-order valence-electron chi connectivity index (χ2n) is 5.39. The van der Waals surface area contributed by atoms with Crippen LogP contribution in [0.15, 0.2) is 71.9 Å². The van der Waals surface area contributed by atoms with Gasteiger partial charge in [0.15, 0.2) is 5.65 Å². The van der Waals surface area contributed by atoms with Crippen molar-refractivity contribution >= 4 is 34.5 Å². The molecule has 2 aromatic carbocycles. The third-order valence-electron chi connectivity index (χ3n) is 3.74. The van der Waals surface area contributed by atoms with Gasteiger partial charge in [0.2, 0.25) is 0 Å². The van der Waals surface area contributed by atoms with Crippen LogP contribution < -0.4 is 0 Å². The van der Waals surface area contributed by atoms with Gasteiger partial charge in [-0.25, -0.2) is 9.97 Å². The molecule has 0 unspecified atom stereocenters. The largest absolute Gasteiger partial charge is 0.344 e. The molecule has 0 atom stereocenters. The molecule has 0 fully saturated rings. The predicted molar refractivity (Wildman–Crippen MR) is 100 cm³/mol. The van der Waals surface area contributed by atoms with Gasteiger partial charge in [-0.1, -0.05) is 54.1 Å². The van der Waals surface area contributed by atoms with Crippen molar-refractivity contribution in [2.24, 2.45) is 0 Å². The summed E-state index contributed by atoms with van der Waals surface area (Å²) in [7, 11) is 0. The zero-order chi connectivity index (χ0) is 16.4. The number of aromatic nitrogens is 3. The Labute approximate surface area is 149 Å². The van der Waals surface area contributed by atoms with Gasteiger partial charge in [0.05, 0.1) is 6.20 Å². The minimum atomic E-state index is 0.401. The van der Waals surface area contributed by atoms with Crippen molar-refractivity contribution < 1.29 is 0 Å². The molecule has 0 aliphatic rings. The van der Waals surface area contributed by atoms with Crippen LogP contribution in [0.25, 0.3) is 22.3 Å². The predicted octanol–water partition coefficient (Wildman–Crippen LogP) is 5.57. The van der Waals surface area contributed by atoms with E-state index in [1.54, 1.807) is 6.20 Å². The molecule has 4 rings (SSSR count). The Morgan fingerprint density at radius 2 is 1.92 bits per heavy atom. The molecule has 0 radical (unpaired) electrons. The standard InChI is InChI=1S/C19H14ClN3S/c20-17-11-22-19-18(23-17)16(10-21-19)14-7-4-8-15(9-14)24-12-13-5-2-1-3-6-13/h1-11H,12H2,(H,21,22). The molecule has 1 N–H and O–H groups in total. The van der Waals surface area contributed by atoms with E-state index in [4.69, 9.17) is 11.6 Å². The summed E-state index contributed by atoms with van der Waals surface area (Å²) in [5.41, 5.74) is 4.99. The molecule has 0 aliphatic carbocycles. The van der Waals surface area contributed by atoms with Crippen LogP contribution in [0.4, 0.5) is 0 Å². The summed E-state index contributed by atoms with van der Waals surface area (Å²) < 4.78 is 0. The van der Waals surface area contributed by atoms with Gasteiger partial charge in [-0.15, -0.1) is 11.8 Å². The highest BCUT2D eigenvalue weighted by atomic mass is 35.5. The Balaban J connectivity index is 1.63. The van der Waals surface area contributed by atoms with E-state index < -0.39 is 0 Å². The fraction of sp³-hybridized carbons (Fsp3) is 0.0526. The van der Waals surface area contributed by atoms with Gasteiger partial charge in [0.25, 0.3) is 0 Å². The van der Waals surface area contributed by atoms with Crippen LogP contribution in [0.2, 0.25) is 5.15 Å². The molecule has 2 aromatic heterocycles. The highest BCUT2D eigenvalue weighted by molar-refractivity contribution is 7.98. The van der Waals surface area contributed by atoms with Gasteiger partial charge in [0.1, 0.15) is 10.7 Å². The topological polar surface area (TPSA) is 41.6 Å². The number of H-pyrrole nitrogens is 1. The Morgan fingerprint density at radius 1 is 1.04 bits per heavy atom. The van der Waals surface area contributed by atoms with Gasteiger partial charge in [-0.2, -0.15) is 0 Å². The number of thioether (sulfide) groups is 1. The van der Waals surface area contributed by atoms with E-state index >= 15 is 0 Å². The normalized spacial score (nSPS) is 11.0. The lowest BCUT2D eigenvalue weighted by Gasteiger charge is -2.05. The molecule has 4 aromatic rings. The van der Waals surface area contributed by atoms with Crippen LogP contribution in [-0.2, 0) is 5.75 Å². The van der Waals surface area contributed by atoms with Crippen molar-refractivity contribution in [1.82, 2.24) is 15.0 Å². The molecule has 2 heterocycles. The molecule has 0 saturated carbocycles. The highest BCUT2D eigenvalue weighted by Crippen LogP contribution is 2.31. The smallest absolute Gasteiger partial charge is 0.156 e. The Kier molecular flexibility index (Phi) is 4.24. The van der Waals surface area contributed by atoms with Crippen molar-refractivity contribution in [1.29, 1.82) is 0 Å². The number of nitrogens with zero attached hydrogens (tertiary/aromatic N) is 2. The first-order chi connectivity index (χ1) is 11.8. The first kappa shape index (κ1) is 15.2. The monoisotopic (exact) mass is 351 g/mol. The van der Waals surface area contributed by atoms with E-state index in [0.29, 0.717) is 5.15 Å². The lowest BCUT2D eigenvalue weighted by Crippen LogP contribution is -1.84. The van der Waals surface area contributed by atoms with Crippen molar-refractivity contribution in [2.75, 3.05) is 0 Å². The zero-order valence-corrected chi connectivity index (χ0v) is 14.3. The minimum absolute atomic E-state index is 0.401. The number of fused-ring (bicyclic) bond motifs is 1. The van der Waals surface area contributed by atoms with E-state index in [2.05, 4.69) is 63.5 Å². The number of aromatic amines is 1. The van der Waals surface area contributed by atoms with Crippen LogP contribution in [-0.4, -0.2) is 15.0 Å². The van der Waals surface area contributed by atoms with E-state index in [9.17, 15) is 0 Å². The summed E-state index contributed by atoms with van der Waals surface area (Å²) in [4.78, 5) is 13.0. The highest BCUT2D eigenvalue weighted by Gasteiger charge is 2.10. The SMILES string of the molecule is Clc1cnc2[nH]cc(-c3cccc(SCc4ccccc4)c3)c2n1. The fourth-order valence-electron chi connectivity index (χ4n) is 2.58. The molecule has 0 bridgehead atoms. The number of nitrogens with one attached hydrogen (secondary N) is 1. The molecule has 0 spiro atoms. The summed E-state index contributed by atoms with van der Waals surface area (Å²) in [6, 6.07) is 18.9. The molecule has 0 amide bonds. The van der Waals surface area contributed by atoms with E-state index in [1.807, 2.05) is 24.0 Å². The van der Waals surface area contributed by atoms with Crippen LogP contribution in [0.3, 0.4) is 0 Å². The lowest BCUT2D eigenvalue weighted by atomic mass is 10.1. The molecular formula is C19H14ClN3S. The third kappa shape index (κ3) is 3.16. The van der Waals surface area contributed by atoms with E-state index in [0.717, 1.165) is 28.0 Å². The first-order valence-corrected chi connectivity index (χ1v) is 8.93. The second kappa shape index (κ2) is 6.67. The average molecular weight is 352 g/mol. The maximum atomic E-state index is 5.99. The van der Waals surface area contributed by atoms with Crippen LogP contribution >= 0.6 is 23.4 Å². The first-order valence-electron chi connectivity index (χ1n) is 7.56. The van der Waals surface area contributed by atoms with Crippen molar-refractivity contribution in [3.8, 4) is 11.1 Å². The number of hydrogen-bond acceptors (Lipinski definition) is 3.